The third-order valence-electron chi connectivity index (χ3n) is 4.55. The number of methoxy groups -OCH3 is 1. The van der Waals surface area contributed by atoms with Gasteiger partial charge in [-0.1, -0.05) is 12.1 Å². The van der Waals surface area contributed by atoms with Crippen LogP contribution in [0.5, 0.6) is 11.5 Å². The van der Waals surface area contributed by atoms with E-state index in [1.54, 1.807) is 24.0 Å². The summed E-state index contributed by atoms with van der Waals surface area (Å²) < 4.78 is 16.6. The summed E-state index contributed by atoms with van der Waals surface area (Å²) >= 11 is 0. The number of carbonyl (C=O) groups excluding carboxylic acids is 2. The van der Waals surface area contributed by atoms with Crippen LogP contribution >= 0.6 is 0 Å². The quantitative estimate of drug-likeness (QED) is 0.760. The molecule has 7 heteroatoms. The first-order chi connectivity index (χ1) is 12.1. The lowest BCUT2D eigenvalue weighted by atomic mass is 10.1. The zero-order valence-corrected chi connectivity index (χ0v) is 14.6. The van der Waals surface area contributed by atoms with E-state index >= 15 is 0 Å². The van der Waals surface area contributed by atoms with Crippen molar-refractivity contribution in [1.29, 1.82) is 0 Å². The molecule has 0 bridgehead atoms. The number of hydrogen-bond donors (Lipinski definition) is 0. The Bertz CT molecular complexity index is 636. The second-order valence-corrected chi connectivity index (χ2v) is 6.45. The lowest BCUT2D eigenvalue weighted by Crippen LogP contribution is -2.44. The van der Waals surface area contributed by atoms with Crippen LogP contribution in [0, 0.1) is 5.92 Å². The van der Waals surface area contributed by atoms with E-state index in [1.165, 1.54) is 0 Å². The van der Waals surface area contributed by atoms with Crippen LogP contribution in [0.1, 0.15) is 6.42 Å². The van der Waals surface area contributed by atoms with Gasteiger partial charge in [0, 0.05) is 33.7 Å². The highest BCUT2D eigenvalue weighted by atomic mass is 16.6. The van der Waals surface area contributed by atoms with Crippen molar-refractivity contribution in [2.75, 3.05) is 47.0 Å². The molecule has 2 atom stereocenters. The van der Waals surface area contributed by atoms with E-state index in [4.69, 9.17) is 14.2 Å². The minimum Gasteiger partial charge on any atom is -0.486 e. The number of rotatable bonds is 6. The fourth-order valence-corrected chi connectivity index (χ4v) is 3.22. The largest absolute Gasteiger partial charge is 0.486 e. The van der Waals surface area contributed by atoms with Crippen LogP contribution in [0.4, 0.5) is 0 Å². The number of carbonyl (C=O) groups is 2. The van der Waals surface area contributed by atoms with E-state index < -0.39 is 0 Å². The Balaban J connectivity index is 1.53. The minimum absolute atomic E-state index is 0.00924. The number of benzene rings is 1. The smallest absolute Gasteiger partial charge is 0.227 e. The molecule has 0 aromatic heterocycles. The Hall–Kier alpha value is -2.28. The molecule has 0 radical (unpaired) electrons. The molecule has 1 saturated heterocycles. The number of para-hydroxylation sites is 2. The second-order valence-electron chi connectivity index (χ2n) is 6.45. The van der Waals surface area contributed by atoms with E-state index in [9.17, 15) is 9.59 Å². The van der Waals surface area contributed by atoms with Crippen LogP contribution in [-0.4, -0.2) is 74.7 Å². The number of ether oxygens (including phenoxy) is 3. The zero-order chi connectivity index (χ0) is 17.8. The number of likely N-dealkylation sites (tertiary alicyclic amines) is 1. The minimum atomic E-state index is -0.300. The highest BCUT2D eigenvalue weighted by molar-refractivity contribution is 5.89. The predicted octanol–water partition coefficient (Wildman–Crippen LogP) is 0.780. The van der Waals surface area contributed by atoms with Gasteiger partial charge in [0.05, 0.1) is 19.1 Å². The molecule has 0 saturated carbocycles. The first kappa shape index (κ1) is 17.5. The topological polar surface area (TPSA) is 68.3 Å². The molecule has 1 aromatic carbocycles. The first-order valence-electron chi connectivity index (χ1n) is 8.48. The molecule has 0 N–H and O–H groups in total. The monoisotopic (exact) mass is 348 g/mol. The molecule has 3 rings (SSSR count). The van der Waals surface area contributed by atoms with Gasteiger partial charge in [-0.15, -0.1) is 0 Å². The Morgan fingerprint density at radius 1 is 1.36 bits per heavy atom. The summed E-state index contributed by atoms with van der Waals surface area (Å²) in [5.74, 6) is 1.10. The van der Waals surface area contributed by atoms with Crippen molar-refractivity contribution in [3.8, 4) is 11.5 Å². The summed E-state index contributed by atoms with van der Waals surface area (Å²) in [6.45, 7) is 2.29. The number of hydrogen-bond acceptors (Lipinski definition) is 5. The molecule has 2 heterocycles. The molecule has 0 spiro atoms. The predicted molar refractivity (Wildman–Crippen MR) is 90.6 cm³/mol. The summed E-state index contributed by atoms with van der Waals surface area (Å²) in [5, 5.41) is 0. The third-order valence-corrected chi connectivity index (χ3v) is 4.55. The zero-order valence-electron chi connectivity index (χ0n) is 14.6. The van der Waals surface area contributed by atoms with Gasteiger partial charge in [-0.2, -0.15) is 0 Å². The molecule has 136 valence electrons. The molecular weight excluding hydrogens is 324 g/mol. The van der Waals surface area contributed by atoms with Crippen molar-refractivity contribution in [3.05, 3.63) is 24.3 Å². The van der Waals surface area contributed by atoms with Crippen molar-refractivity contribution in [3.63, 3.8) is 0 Å². The van der Waals surface area contributed by atoms with Gasteiger partial charge in [0.15, 0.2) is 17.6 Å². The van der Waals surface area contributed by atoms with Crippen LogP contribution in [0.2, 0.25) is 0 Å². The maximum Gasteiger partial charge on any atom is 0.227 e. The van der Waals surface area contributed by atoms with E-state index in [0.29, 0.717) is 38.6 Å². The number of likely N-dealkylation sites (N-methyl/N-ethyl adjacent to an activating group) is 1. The van der Waals surface area contributed by atoms with Gasteiger partial charge >= 0.3 is 0 Å². The standard InChI is InChI=1S/C18H24N2O5/c1-19(11-14-12-24-15-5-3-4-6-16(15)25-14)18(22)13-9-17(21)20(10-13)7-8-23-2/h3-6,13-14H,7-12H2,1-2H3/t13-,14+/m0/s1. The summed E-state index contributed by atoms with van der Waals surface area (Å²) in [6.07, 6.45) is 0.0446. The Labute approximate surface area is 147 Å². The van der Waals surface area contributed by atoms with Crippen molar-refractivity contribution in [2.45, 2.75) is 12.5 Å². The van der Waals surface area contributed by atoms with Crippen LogP contribution in [0.15, 0.2) is 24.3 Å². The van der Waals surface area contributed by atoms with Crippen molar-refractivity contribution >= 4 is 11.8 Å². The fraction of sp³-hybridized carbons (Fsp3) is 0.556. The fourth-order valence-electron chi connectivity index (χ4n) is 3.22. The number of nitrogens with zero attached hydrogens (tertiary/aromatic N) is 2. The van der Waals surface area contributed by atoms with Crippen LogP contribution < -0.4 is 9.47 Å². The summed E-state index contributed by atoms with van der Waals surface area (Å²) in [6, 6.07) is 7.49. The van der Waals surface area contributed by atoms with E-state index in [0.717, 1.165) is 5.75 Å². The Morgan fingerprint density at radius 3 is 2.88 bits per heavy atom. The third kappa shape index (κ3) is 4.04. The molecule has 7 nitrogen and oxygen atoms in total. The van der Waals surface area contributed by atoms with Crippen molar-refractivity contribution < 1.29 is 23.8 Å². The summed E-state index contributed by atoms with van der Waals surface area (Å²) in [4.78, 5) is 28.0. The summed E-state index contributed by atoms with van der Waals surface area (Å²) in [5.41, 5.74) is 0. The lowest BCUT2D eigenvalue weighted by molar-refractivity contribution is -0.135. The maximum atomic E-state index is 12.6. The molecule has 0 aliphatic carbocycles. The van der Waals surface area contributed by atoms with Crippen molar-refractivity contribution in [2.24, 2.45) is 5.92 Å². The SMILES string of the molecule is COCCN1C[C@@H](C(=O)N(C)C[C@@H]2COc3ccccc3O2)CC1=O. The van der Waals surface area contributed by atoms with Gasteiger partial charge < -0.3 is 24.0 Å². The first-order valence-corrected chi connectivity index (χ1v) is 8.48. The van der Waals surface area contributed by atoms with Gasteiger partial charge in [-0.3, -0.25) is 9.59 Å². The van der Waals surface area contributed by atoms with Crippen molar-refractivity contribution in [1.82, 2.24) is 9.80 Å². The molecule has 2 amide bonds. The highest BCUT2D eigenvalue weighted by Crippen LogP contribution is 2.31. The second kappa shape index (κ2) is 7.74. The van der Waals surface area contributed by atoms with E-state index in [-0.39, 0.29) is 30.3 Å². The van der Waals surface area contributed by atoms with Gasteiger partial charge in [-0.05, 0) is 12.1 Å². The van der Waals surface area contributed by atoms with Gasteiger partial charge in [0.2, 0.25) is 11.8 Å². The molecule has 1 fully saturated rings. The normalized spacial score (nSPS) is 22.2. The Kier molecular flexibility index (Phi) is 5.43. The molecule has 2 aliphatic rings. The van der Waals surface area contributed by atoms with Gasteiger partial charge in [0.25, 0.3) is 0 Å². The molecule has 0 unspecified atom stereocenters. The number of amides is 2. The van der Waals surface area contributed by atoms with Crippen LogP contribution in [0.3, 0.4) is 0 Å². The number of fused-ring (bicyclic) bond motifs is 1. The Morgan fingerprint density at radius 2 is 2.12 bits per heavy atom. The molecule has 1 aromatic rings. The average Bonchev–Trinajstić information content (AvgIpc) is 2.99. The maximum absolute atomic E-state index is 12.6. The molecular formula is C18H24N2O5. The van der Waals surface area contributed by atoms with Gasteiger partial charge in [-0.25, -0.2) is 0 Å². The molecule has 25 heavy (non-hydrogen) atoms. The van der Waals surface area contributed by atoms with Crippen LogP contribution in [-0.2, 0) is 14.3 Å². The average molecular weight is 348 g/mol. The highest BCUT2D eigenvalue weighted by Gasteiger charge is 2.36. The van der Waals surface area contributed by atoms with E-state index in [2.05, 4.69) is 0 Å². The van der Waals surface area contributed by atoms with Crippen LogP contribution in [0.25, 0.3) is 0 Å². The molecule has 2 aliphatic heterocycles. The lowest BCUT2D eigenvalue weighted by Gasteiger charge is -2.30. The van der Waals surface area contributed by atoms with Gasteiger partial charge in [0.1, 0.15) is 6.61 Å². The summed E-state index contributed by atoms with van der Waals surface area (Å²) in [7, 11) is 3.34. The van der Waals surface area contributed by atoms with E-state index in [1.807, 2.05) is 24.3 Å².